The van der Waals surface area contributed by atoms with E-state index in [1.807, 2.05) is 53.7 Å². The Morgan fingerprint density at radius 2 is 1.35 bits per heavy atom. The number of nitrogens with zero attached hydrogens (tertiary/aromatic N) is 2. The van der Waals surface area contributed by atoms with Gasteiger partial charge in [-0.2, -0.15) is 0 Å². The SMILES string of the molecule is [2H]C(C)(C)c1cc(-c2ncc(C)cn2)cc(C([2H])(C)C)c1C. The Morgan fingerprint density at radius 1 is 0.900 bits per heavy atom. The van der Waals surface area contributed by atoms with Gasteiger partial charge in [-0.3, -0.25) is 0 Å². The second-order valence-electron chi connectivity index (χ2n) is 5.78. The van der Waals surface area contributed by atoms with Crippen LogP contribution >= 0.6 is 0 Å². The van der Waals surface area contributed by atoms with E-state index in [4.69, 9.17) is 2.74 Å². The molecule has 20 heavy (non-hydrogen) atoms. The topological polar surface area (TPSA) is 25.8 Å². The molecule has 0 saturated heterocycles. The van der Waals surface area contributed by atoms with Crippen LogP contribution in [-0.2, 0) is 0 Å². The monoisotopic (exact) mass is 270 g/mol. The number of benzene rings is 1. The van der Waals surface area contributed by atoms with Gasteiger partial charge in [-0.25, -0.2) is 9.97 Å². The minimum atomic E-state index is -0.731. The van der Waals surface area contributed by atoms with E-state index in [1.165, 1.54) is 0 Å². The normalized spacial score (nSPS) is 13.9. The Morgan fingerprint density at radius 3 is 1.75 bits per heavy atom. The molecule has 0 bridgehead atoms. The van der Waals surface area contributed by atoms with Gasteiger partial charge in [0.2, 0.25) is 0 Å². The second-order valence-corrected chi connectivity index (χ2v) is 5.78. The van der Waals surface area contributed by atoms with Crippen molar-refractivity contribution in [2.75, 3.05) is 0 Å². The fourth-order valence-electron chi connectivity index (χ4n) is 2.42. The molecule has 1 aromatic heterocycles. The predicted octanol–water partition coefficient (Wildman–Crippen LogP) is 5.01. The average Bonchev–Trinajstić information content (AvgIpc) is 2.37. The van der Waals surface area contributed by atoms with Crippen molar-refractivity contribution in [1.82, 2.24) is 9.97 Å². The molecule has 0 radical (unpaired) electrons. The molecule has 0 unspecified atom stereocenters. The molecule has 0 aliphatic carbocycles. The zero-order valence-electron chi connectivity index (χ0n) is 15.2. The van der Waals surface area contributed by atoms with Crippen LogP contribution in [0.3, 0.4) is 0 Å². The van der Waals surface area contributed by atoms with Crippen molar-refractivity contribution in [3.63, 3.8) is 0 Å². The van der Waals surface area contributed by atoms with Gasteiger partial charge in [0.15, 0.2) is 5.82 Å². The van der Waals surface area contributed by atoms with E-state index in [-0.39, 0.29) is 0 Å². The zero-order chi connectivity index (χ0) is 16.7. The van der Waals surface area contributed by atoms with E-state index >= 15 is 0 Å². The number of aryl methyl sites for hydroxylation is 1. The summed E-state index contributed by atoms with van der Waals surface area (Å²) in [6, 6.07) is 3.98. The van der Waals surface area contributed by atoms with Gasteiger partial charge in [-0.1, -0.05) is 27.7 Å². The summed E-state index contributed by atoms with van der Waals surface area (Å²) in [5.41, 5.74) is 4.74. The molecule has 106 valence electrons. The lowest BCUT2D eigenvalue weighted by atomic mass is 9.87. The van der Waals surface area contributed by atoms with Crippen LogP contribution in [0.5, 0.6) is 0 Å². The Labute approximate surface area is 125 Å². The number of hydrogen-bond donors (Lipinski definition) is 0. The zero-order valence-corrected chi connectivity index (χ0v) is 13.2. The van der Waals surface area contributed by atoms with E-state index < -0.39 is 11.8 Å². The molecule has 0 aliphatic rings. The molecule has 0 saturated carbocycles. The van der Waals surface area contributed by atoms with Gasteiger partial charge in [-0.15, -0.1) is 0 Å². The first-order valence-corrected chi connectivity index (χ1v) is 6.95. The number of rotatable bonds is 3. The van der Waals surface area contributed by atoms with Crippen molar-refractivity contribution >= 4 is 0 Å². The van der Waals surface area contributed by atoms with Gasteiger partial charge in [0.25, 0.3) is 0 Å². The van der Waals surface area contributed by atoms with Gasteiger partial charge in [0.05, 0.1) is 0 Å². The molecule has 2 nitrogen and oxygen atoms in total. The van der Waals surface area contributed by atoms with E-state index in [9.17, 15) is 0 Å². The smallest absolute Gasteiger partial charge is 0.159 e. The lowest BCUT2D eigenvalue weighted by molar-refractivity contribution is 0.817. The summed E-state index contributed by atoms with van der Waals surface area (Å²) in [7, 11) is 0. The first-order chi connectivity index (χ1) is 10.00. The van der Waals surface area contributed by atoms with Gasteiger partial charge in [0.1, 0.15) is 0 Å². The Kier molecular flexibility index (Phi) is 3.46. The summed E-state index contributed by atoms with van der Waals surface area (Å²) in [5, 5.41) is 0. The molecule has 2 rings (SSSR count). The summed E-state index contributed by atoms with van der Waals surface area (Å²) in [6.07, 6.45) is 3.58. The fraction of sp³-hybridized carbons (Fsp3) is 0.444. The fourth-order valence-corrected chi connectivity index (χ4v) is 2.42. The predicted molar refractivity (Wildman–Crippen MR) is 85.1 cm³/mol. The Balaban J connectivity index is 2.73. The standard InChI is InChI=1S/C18H24N2/c1-11(2)16-7-15(8-17(12(3)4)14(16)6)18-19-9-13(5)10-20-18/h7-12H,1-6H3/i11D,12D. The molecule has 1 aromatic carbocycles. The summed E-state index contributed by atoms with van der Waals surface area (Å²) >= 11 is 0. The van der Waals surface area contributed by atoms with E-state index in [1.54, 1.807) is 12.4 Å². The number of aromatic nitrogens is 2. The quantitative estimate of drug-likeness (QED) is 0.783. The molecule has 0 fully saturated rings. The van der Waals surface area contributed by atoms with Crippen LogP contribution < -0.4 is 0 Å². The highest BCUT2D eigenvalue weighted by molar-refractivity contribution is 5.60. The highest BCUT2D eigenvalue weighted by Crippen LogP contribution is 2.31. The van der Waals surface area contributed by atoms with Gasteiger partial charge in [-0.05, 0) is 60.0 Å². The van der Waals surface area contributed by atoms with Crippen LogP contribution in [0.25, 0.3) is 11.4 Å². The average molecular weight is 270 g/mol. The van der Waals surface area contributed by atoms with Crippen molar-refractivity contribution in [2.45, 2.75) is 53.3 Å². The van der Waals surface area contributed by atoms with E-state index in [2.05, 4.69) is 9.97 Å². The maximum Gasteiger partial charge on any atom is 0.159 e. The van der Waals surface area contributed by atoms with Crippen LogP contribution in [0.15, 0.2) is 24.5 Å². The molecule has 1 heterocycles. The summed E-state index contributed by atoms with van der Waals surface area (Å²) in [6.45, 7) is 11.4. The summed E-state index contributed by atoms with van der Waals surface area (Å²) in [4.78, 5) is 8.78. The Hall–Kier alpha value is -1.70. The first-order valence-electron chi connectivity index (χ1n) is 7.95. The van der Waals surface area contributed by atoms with E-state index in [0.29, 0.717) is 5.82 Å². The molecule has 0 atom stereocenters. The van der Waals surface area contributed by atoms with E-state index in [0.717, 1.165) is 27.8 Å². The minimum Gasteiger partial charge on any atom is -0.236 e. The largest absolute Gasteiger partial charge is 0.236 e. The third-order valence-electron chi connectivity index (χ3n) is 3.52. The molecule has 2 aromatic rings. The van der Waals surface area contributed by atoms with Gasteiger partial charge < -0.3 is 0 Å². The summed E-state index contributed by atoms with van der Waals surface area (Å²) < 4.78 is 16.8. The van der Waals surface area contributed by atoms with Crippen LogP contribution in [0.4, 0.5) is 0 Å². The maximum atomic E-state index is 8.41. The highest BCUT2D eigenvalue weighted by Gasteiger charge is 2.14. The van der Waals surface area contributed by atoms with Crippen molar-refractivity contribution in [1.29, 1.82) is 0 Å². The summed E-state index contributed by atoms with van der Waals surface area (Å²) in [5.74, 6) is -0.822. The molecule has 0 amide bonds. The van der Waals surface area contributed by atoms with Crippen molar-refractivity contribution in [3.05, 3.63) is 46.8 Å². The van der Waals surface area contributed by atoms with Gasteiger partial charge in [0, 0.05) is 20.7 Å². The Bertz CT molecular complexity index is 643. The maximum absolute atomic E-state index is 8.41. The van der Waals surface area contributed by atoms with Gasteiger partial charge >= 0.3 is 0 Å². The number of hydrogen-bond acceptors (Lipinski definition) is 2. The van der Waals surface area contributed by atoms with Crippen molar-refractivity contribution in [3.8, 4) is 11.4 Å². The minimum absolute atomic E-state index is 0.640. The molecular weight excluding hydrogens is 244 g/mol. The lowest BCUT2D eigenvalue weighted by Gasteiger charge is -2.18. The van der Waals surface area contributed by atoms with Crippen molar-refractivity contribution < 1.29 is 2.74 Å². The van der Waals surface area contributed by atoms with Crippen LogP contribution in [-0.4, -0.2) is 9.97 Å². The third kappa shape index (κ3) is 2.90. The third-order valence-corrected chi connectivity index (χ3v) is 3.52. The van der Waals surface area contributed by atoms with Crippen LogP contribution in [0, 0.1) is 13.8 Å². The molecule has 0 aliphatic heterocycles. The highest BCUT2D eigenvalue weighted by atomic mass is 14.9. The molecule has 0 spiro atoms. The van der Waals surface area contributed by atoms with Crippen LogP contribution in [0.1, 0.15) is 64.5 Å². The lowest BCUT2D eigenvalue weighted by Crippen LogP contribution is -2.02. The molecule has 0 N–H and O–H groups in total. The molecule has 2 heteroatoms. The van der Waals surface area contributed by atoms with Crippen molar-refractivity contribution in [2.24, 2.45) is 0 Å². The first kappa shape index (κ1) is 12.1. The molecular formula is C18H24N2. The second kappa shape index (κ2) is 5.74. The van der Waals surface area contributed by atoms with Crippen LogP contribution in [0.2, 0.25) is 0 Å².